The summed E-state index contributed by atoms with van der Waals surface area (Å²) in [5.74, 6) is -4.20. The molecule has 5 aliphatic rings. The Morgan fingerprint density at radius 3 is 1.05 bits per heavy atom. The minimum atomic E-state index is -4.61. The summed E-state index contributed by atoms with van der Waals surface area (Å²) in [6.45, 7) is 0. The highest BCUT2D eigenvalue weighted by Crippen LogP contribution is 2.75. The average Bonchev–Trinajstić information content (AvgIpc) is 2.77. The monoisotopic (exact) mass is 298 g/mol. The van der Waals surface area contributed by atoms with Crippen LogP contribution in [0.5, 0.6) is 0 Å². The molecule has 0 aromatic rings. The van der Waals surface area contributed by atoms with E-state index in [4.69, 9.17) is 0 Å². The normalized spacial score (nSPS) is 52.9. The van der Waals surface area contributed by atoms with E-state index in [-0.39, 0.29) is 25.7 Å². The molecule has 2 aliphatic heterocycles. The third-order valence-electron chi connectivity index (χ3n) is 6.10. The number of halogens is 6. The van der Waals surface area contributed by atoms with Crippen molar-refractivity contribution >= 4 is 0 Å². The highest BCUT2D eigenvalue weighted by Gasteiger charge is 2.85. The largest absolute Gasteiger partial charge is 0.415 e. The van der Waals surface area contributed by atoms with Crippen molar-refractivity contribution in [3.05, 3.63) is 0 Å². The van der Waals surface area contributed by atoms with Gasteiger partial charge in [0, 0.05) is 23.7 Å². The number of nitrogens with zero attached hydrogens (tertiary/aromatic N) is 2. The minimum absolute atomic E-state index is 0.183. The van der Waals surface area contributed by atoms with Gasteiger partial charge < -0.3 is 0 Å². The average molecular weight is 298 g/mol. The van der Waals surface area contributed by atoms with Crippen LogP contribution in [0.2, 0.25) is 0 Å². The fourth-order valence-corrected chi connectivity index (χ4v) is 5.60. The maximum absolute atomic E-state index is 13.5. The first-order valence-corrected chi connectivity index (χ1v) is 6.74. The lowest BCUT2D eigenvalue weighted by molar-refractivity contribution is -0.287. The summed E-state index contributed by atoms with van der Waals surface area (Å²) in [5, 5.41) is 6.57. The van der Waals surface area contributed by atoms with E-state index in [9.17, 15) is 26.3 Å². The van der Waals surface area contributed by atoms with Crippen molar-refractivity contribution in [2.45, 2.75) is 49.1 Å². The predicted octanol–water partition coefficient (Wildman–Crippen LogP) is 4.12. The van der Waals surface area contributed by atoms with Crippen LogP contribution in [0.15, 0.2) is 10.2 Å². The molecular formula is C12H12F6N2. The molecule has 0 spiro atoms. The summed E-state index contributed by atoms with van der Waals surface area (Å²) in [4.78, 5) is 0. The van der Waals surface area contributed by atoms with Gasteiger partial charge in [0.25, 0.3) is 0 Å². The molecule has 112 valence electrons. The Labute approximate surface area is 110 Å². The SMILES string of the molecule is FC(F)(F)C12N=NC3(C(F)(F)F)[C@@H]4CC[C@H]3[C@H]1CC[C@H]42. The Morgan fingerprint density at radius 2 is 0.850 bits per heavy atom. The van der Waals surface area contributed by atoms with Crippen molar-refractivity contribution in [2.75, 3.05) is 0 Å². The molecular weight excluding hydrogens is 286 g/mol. The molecule has 0 aromatic heterocycles. The standard InChI is InChI=1S/C12H12F6N2/c13-11(14,15)9-5-1-2-6(9)8-4-3-7(5)10(8,20-19-9)12(16,17)18/h5-8H,1-4H2/t5-,6-,7-,8+,9?,10?/m1/s1. The molecule has 6 atom stereocenters. The Bertz CT molecular complexity index is 429. The fourth-order valence-electron chi connectivity index (χ4n) is 5.60. The molecule has 0 radical (unpaired) electrons. The fraction of sp³-hybridized carbons (Fsp3) is 1.00. The number of hydrogen-bond acceptors (Lipinski definition) is 2. The molecule has 5 rings (SSSR count). The lowest BCUT2D eigenvalue weighted by Crippen LogP contribution is -2.70. The van der Waals surface area contributed by atoms with Crippen LogP contribution in [0.1, 0.15) is 25.7 Å². The molecule has 0 saturated heterocycles. The van der Waals surface area contributed by atoms with Gasteiger partial charge in [-0.3, -0.25) is 0 Å². The highest BCUT2D eigenvalue weighted by molar-refractivity contribution is 5.30. The maximum atomic E-state index is 13.5. The van der Waals surface area contributed by atoms with E-state index in [0.717, 1.165) is 0 Å². The van der Waals surface area contributed by atoms with E-state index in [2.05, 4.69) is 10.2 Å². The first-order valence-electron chi connectivity index (χ1n) is 6.74. The summed E-state index contributed by atoms with van der Waals surface area (Å²) >= 11 is 0. The van der Waals surface area contributed by atoms with Gasteiger partial charge in [-0.15, -0.1) is 0 Å². The first kappa shape index (κ1) is 12.9. The van der Waals surface area contributed by atoms with Crippen LogP contribution >= 0.6 is 0 Å². The summed E-state index contributed by atoms with van der Waals surface area (Å²) in [7, 11) is 0. The van der Waals surface area contributed by atoms with Gasteiger partial charge in [-0.05, 0) is 25.7 Å². The van der Waals surface area contributed by atoms with Gasteiger partial charge in [0.2, 0.25) is 0 Å². The van der Waals surface area contributed by atoms with E-state index in [1.165, 1.54) is 0 Å². The van der Waals surface area contributed by atoms with E-state index >= 15 is 0 Å². The molecule has 3 fully saturated rings. The quantitative estimate of drug-likeness (QED) is 0.601. The van der Waals surface area contributed by atoms with Crippen molar-refractivity contribution in [1.82, 2.24) is 0 Å². The molecule has 2 unspecified atom stereocenters. The molecule has 3 aliphatic carbocycles. The molecule has 0 N–H and O–H groups in total. The van der Waals surface area contributed by atoms with Crippen molar-refractivity contribution in [3.63, 3.8) is 0 Å². The lowest BCUT2D eigenvalue weighted by Gasteiger charge is -2.56. The van der Waals surface area contributed by atoms with Crippen molar-refractivity contribution in [1.29, 1.82) is 0 Å². The van der Waals surface area contributed by atoms with E-state index in [1.807, 2.05) is 0 Å². The highest BCUT2D eigenvalue weighted by atomic mass is 19.4. The Morgan fingerprint density at radius 1 is 0.600 bits per heavy atom. The van der Waals surface area contributed by atoms with E-state index in [1.54, 1.807) is 0 Å². The number of azo groups is 1. The molecule has 0 aromatic carbocycles. The molecule has 0 amide bonds. The van der Waals surface area contributed by atoms with Crippen LogP contribution in [0.3, 0.4) is 0 Å². The Balaban J connectivity index is 1.98. The molecule has 6 bridgehead atoms. The zero-order chi connectivity index (χ0) is 14.6. The first-order chi connectivity index (χ1) is 9.16. The van der Waals surface area contributed by atoms with Gasteiger partial charge in [-0.2, -0.15) is 36.6 Å². The van der Waals surface area contributed by atoms with Gasteiger partial charge >= 0.3 is 12.4 Å². The number of alkyl halides is 6. The second-order valence-electron chi connectivity index (χ2n) is 6.43. The molecule has 8 heteroatoms. The molecule has 20 heavy (non-hydrogen) atoms. The van der Waals surface area contributed by atoms with Crippen LogP contribution in [-0.2, 0) is 0 Å². The smallest absolute Gasteiger partial charge is 0.176 e. The molecule has 3 saturated carbocycles. The lowest BCUT2D eigenvalue weighted by atomic mass is 9.56. The molecule has 2 heterocycles. The Kier molecular flexibility index (Phi) is 2.04. The minimum Gasteiger partial charge on any atom is -0.176 e. The maximum Gasteiger partial charge on any atom is 0.415 e. The summed E-state index contributed by atoms with van der Waals surface area (Å²) in [6.07, 6.45) is -8.49. The third-order valence-corrected chi connectivity index (χ3v) is 6.10. The van der Waals surface area contributed by atoms with Crippen molar-refractivity contribution < 1.29 is 26.3 Å². The van der Waals surface area contributed by atoms with Gasteiger partial charge in [0.15, 0.2) is 11.1 Å². The zero-order valence-electron chi connectivity index (χ0n) is 10.3. The number of rotatable bonds is 0. The summed E-state index contributed by atoms with van der Waals surface area (Å²) < 4.78 is 81.1. The predicted molar refractivity (Wildman–Crippen MR) is 54.9 cm³/mol. The van der Waals surface area contributed by atoms with E-state index < -0.39 is 47.1 Å². The van der Waals surface area contributed by atoms with E-state index in [0.29, 0.717) is 0 Å². The van der Waals surface area contributed by atoms with Gasteiger partial charge in [0.05, 0.1) is 0 Å². The zero-order valence-corrected chi connectivity index (χ0v) is 10.3. The van der Waals surface area contributed by atoms with Crippen molar-refractivity contribution in [2.24, 2.45) is 33.9 Å². The molecule has 2 nitrogen and oxygen atoms in total. The van der Waals surface area contributed by atoms with Crippen LogP contribution in [0.4, 0.5) is 26.3 Å². The second-order valence-corrected chi connectivity index (χ2v) is 6.43. The van der Waals surface area contributed by atoms with Gasteiger partial charge in [0.1, 0.15) is 0 Å². The second kappa shape index (κ2) is 3.16. The van der Waals surface area contributed by atoms with Crippen LogP contribution in [0.25, 0.3) is 0 Å². The van der Waals surface area contributed by atoms with Gasteiger partial charge in [-0.1, -0.05) is 0 Å². The summed E-state index contributed by atoms with van der Waals surface area (Å²) in [6, 6.07) is 0. The van der Waals surface area contributed by atoms with Crippen LogP contribution < -0.4 is 0 Å². The Hall–Kier alpha value is -0.820. The topological polar surface area (TPSA) is 24.7 Å². The van der Waals surface area contributed by atoms with Crippen molar-refractivity contribution in [3.8, 4) is 0 Å². The van der Waals surface area contributed by atoms with Crippen LogP contribution in [-0.4, -0.2) is 23.4 Å². The summed E-state index contributed by atoms with van der Waals surface area (Å²) in [5.41, 5.74) is -4.68. The third kappa shape index (κ3) is 1.03. The van der Waals surface area contributed by atoms with Crippen LogP contribution in [0, 0.1) is 23.7 Å². The van der Waals surface area contributed by atoms with Gasteiger partial charge in [-0.25, -0.2) is 0 Å². The number of hydrogen-bond donors (Lipinski definition) is 0.